The Morgan fingerprint density at radius 2 is 1.00 bits per heavy atom. The molecule has 0 saturated carbocycles. The quantitative estimate of drug-likeness (QED) is 0.0917. The molecule has 0 unspecified atom stereocenters. The third-order valence-corrected chi connectivity index (χ3v) is 4.69. The van der Waals surface area contributed by atoms with Crippen LogP contribution < -0.4 is 12.4 Å². The zero-order chi connectivity index (χ0) is 20.1. The summed E-state index contributed by atoms with van der Waals surface area (Å²) in [5.74, 6) is 4.41. The molecule has 1 aliphatic rings. The Bertz CT molecular complexity index is 235. The van der Waals surface area contributed by atoms with Crippen molar-refractivity contribution < 1.29 is 16.9 Å². The van der Waals surface area contributed by atoms with E-state index in [1.807, 2.05) is 7.05 Å². The molecule has 1 heterocycles. The topological polar surface area (TPSA) is 3.24 Å². The first-order valence-corrected chi connectivity index (χ1v) is 17.3. The number of rotatable bonds is 10. The van der Waals surface area contributed by atoms with E-state index >= 15 is 0 Å². The van der Waals surface area contributed by atoms with Gasteiger partial charge in [-0.25, -0.2) is 0 Å². The van der Waals surface area contributed by atoms with Gasteiger partial charge in [-0.3, -0.25) is 0 Å². The summed E-state index contributed by atoms with van der Waals surface area (Å²) in [7, 11) is 4.24. The van der Waals surface area contributed by atoms with Crippen molar-refractivity contribution in [3.8, 4) is 0 Å². The van der Waals surface area contributed by atoms with Gasteiger partial charge in [-0.15, -0.1) is 82.0 Å². The predicted molar refractivity (Wildman–Crippen MR) is 201 cm³/mol. The lowest BCUT2D eigenvalue weighted by Crippen LogP contribution is -3.00. The lowest BCUT2D eigenvalue weighted by molar-refractivity contribution is -0.774. The smallest absolute Gasteiger partial charge is 0.128 e. The minimum Gasteiger partial charge on any atom is -1.00 e. The molecule has 1 saturated heterocycles. The van der Waals surface area contributed by atoms with Gasteiger partial charge < -0.3 is 21.8 Å². The summed E-state index contributed by atoms with van der Waals surface area (Å²) in [6.07, 6.45) is 2.18. The Kier molecular flexibility index (Phi) is 138. The van der Waals surface area contributed by atoms with Gasteiger partial charge in [0.25, 0.3) is 0 Å². The highest BCUT2D eigenvalue weighted by Crippen LogP contribution is 2.15. The maximum atomic E-state index is 5.51. The Labute approximate surface area is 291 Å². The number of halogens is 9. The molecule has 228 valence electrons. The average Bonchev–Trinajstić information content (AvgIpc) is 3.29. The summed E-state index contributed by atoms with van der Waals surface area (Å²) in [5.41, 5.74) is 0. The number of likely N-dealkylation sites (N-methyl/N-ethyl adjacent to an activating group) is 1. The second-order valence-electron chi connectivity index (χ2n) is 6.22. The van der Waals surface area contributed by atoms with Crippen LogP contribution in [0.4, 0.5) is 0 Å². The molecular weight excluding hydrogens is 898 g/mol. The molecule has 1 aliphatic heterocycles. The van der Waals surface area contributed by atoms with Crippen LogP contribution in [0.15, 0.2) is 0 Å². The summed E-state index contributed by atoms with van der Waals surface area (Å²) >= 11 is 31.6. The molecule has 1 rings (SSSR count). The van der Waals surface area contributed by atoms with Gasteiger partial charge >= 0.3 is 0 Å². The average molecular weight is 961 g/mol. The zero-order valence-electron chi connectivity index (χ0n) is 16.4. The van der Waals surface area contributed by atoms with E-state index in [1.54, 1.807) is 0 Å². The first kappa shape index (κ1) is 76.9. The van der Waals surface area contributed by atoms with Crippen molar-refractivity contribution in [2.24, 2.45) is 5.92 Å². The number of quaternary nitrogens is 1. The molecular formula is C23H63Cl6I3N2. The van der Waals surface area contributed by atoms with Crippen molar-refractivity contribution in [2.45, 2.75) is 71.8 Å². The highest BCUT2D eigenvalue weighted by Gasteiger charge is 2.35. The fourth-order valence-electron chi connectivity index (χ4n) is 1.52. The second-order valence-corrected chi connectivity index (χ2v) is 8.11. The van der Waals surface area contributed by atoms with Crippen LogP contribution in [0.3, 0.4) is 0 Å². The molecule has 0 aromatic carbocycles. The zero-order valence-corrected chi connectivity index (χ0v) is 27.6. The summed E-state index contributed by atoms with van der Waals surface area (Å²) in [6.45, 7) is 7.86. The monoisotopic (exact) mass is 958 g/mol. The Morgan fingerprint density at radius 3 is 1.15 bits per heavy atom. The van der Waals surface area contributed by atoms with Gasteiger partial charge in [-0.1, -0.05) is 58.9 Å². The van der Waals surface area contributed by atoms with Crippen LogP contribution in [0.5, 0.6) is 0 Å². The van der Waals surface area contributed by atoms with E-state index in [4.69, 9.17) is 58.0 Å². The van der Waals surface area contributed by atoms with Crippen LogP contribution in [-0.4, -0.2) is 85.6 Å². The van der Waals surface area contributed by atoms with Crippen molar-refractivity contribution in [3.63, 3.8) is 0 Å². The maximum absolute atomic E-state index is 5.51. The highest BCUT2D eigenvalue weighted by atomic mass is 128. The largest absolute Gasteiger partial charge is 1.00 e. The number of nitrogens with zero attached hydrogens (tertiary/aromatic N) is 2. The molecule has 0 bridgehead atoms. The predicted octanol–water partition coefficient (Wildman–Crippen LogP) is 8.81. The van der Waals surface area contributed by atoms with Gasteiger partial charge in [0.2, 0.25) is 0 Å². The molecule has 0 spiro atoms. The normalized spacial score (nSPS) is 10.2. The standard InChI is InChI=1S/C6H12Cl2.C5H11Cl2N.C5H11ClN.7CH4.ClH.I2.HI/c1-6(2-4-7)3-5-8;1-8(4-2-6)5-3-7;1-7(3-2-6)4-5-7;;;;;;;;;1-2;/h6H,2-5H2,1H3;2-5H2,1H3;2-5H2,1H3;7*1H4;1H;;1H/q;;+1;;;;;;;;;;/p-1. The van der Waals surface area contributed by atoms with Gasteiger partial charge in [0.15, 0.2) is 0 Å². The fourth-order valence-corrected chi connectivity index (χ4v) is 3.25. The lowest BCUT2D eigenvalue weighted by Gasteiger charge is -2.11. The molecule has 0 aliphatic carbocycles. The third kappa shape index (κ3) is 70.5. The van der Waals surface area contributed by atoms with Gasteiger partial charge in [0, 0.05) is 73.8 Å². The van der Waals surface area contributed by atoms with Crippen LogP contribution >= 0.6 is 119 Å². The van der Waals surface area contributed by atoms with Gasteiger partial charge in [0.1, 0.15) is 13.1 Å². The van der Waals surface area contributed by atoms with Gasteiger partial charge in [-0.05, 0) is 25.8 Å². The Hall–Kier alpha value is 3.85. The van der Waals surface area contributed by atoms with Crippen molar-refractivity contribution in [2.75, 3.05) is 76.2 Å². The third-order valence-electron chi connectivity index (χ3n) is 3.75. The van der Waals surface area contributed by atoms with Crippen molar-refractivity contribution in [3.05, 3.63) is 0 Å². The Balaban J connectivity index is -0.0000000182. The van der Waals surface area contributed by atoms with E-state index in [-0.39, 0.29) is 88.4 Å². The second kappa shape index (κ2) is 61.1. The van der Waals surface area contributed by atoms with E-state index in [2.05, 4.69) is 56.1 Å². The summed E-state index contributed by atoms with van der Waals surface area (Å²) in [5, 5.41) is 0. The number of hydrogen-bond acceptors (Lipinski definition) is 1. The van der Waals surface area contributed by atoms with E-state index in [0.29, 0.717) is 17.7 Å². The van der Waals surface area contributed by atoms with Crippen LogP contribution in [0.1, 0.15) is 71.8 Å². The molecule has 0 amide bonds. The molecule has 0 aromatic rings. The van der Waals surface area contributed by atoms with Crippen LogP contribution in [0, 0.1) is 5.92 Å². The van der Waals surface area contributed by atoms with Gasteiger partial charge in [-0.2, -0.15) is 0 Å². The molecule has 1 fully saturated rings. The van der Waals surface area contributed by atoms with E-state index in [1.165, 1.54) is 17.6 Å². The van der Waals surface area contributed by atoms with Crippen LogP contribution in [0.25, 0.3) is 0 Å². The molecule has 0 N–H and O–H groups in total. The SMILES string of the molecule is C.C.C.C.C.C.C.CC(CCCl)CCCl.CN(CCCl)CCCl.C[N+]1(CCCl)CC1.I.II.[Cl-]. The van der Waals surface area contributed by atoms with Crippen LogP contribution in [0.2, 0.25) is 0 Å². The summed E-state index contributed by atoms with van der Waals surface area (Å²) < 4.78 is 1.21. The van der Waals surface area contributed by atoms with Gasteiger partial charge in [0.05, 0.1) is 19.5 Å². The number of hydrogen-bond donors (Lipinski definition) is 0. The molecule has 0 radical (unpaired) electrons. The maximum Gasteiger partial charge on any atom is 0.128 e. The van der Waals surface area contributed by atoms with Crippen molar-refractivity contribution in [1.82, 2.24) is 4.90 Å². The van der Waals surface area contributed by atoms with Crippen molar-refractivity contribution >= 4 is 119 Å². The van der Waals surface area contributed by atoms with Crippen molar-refractivity contribution in [1.29, 1.82) is 0 Å². The van der Waals surface area contributed by atoms with Crippen LogP contribution in [-0.2, 0) is 0 Å². The molecule has 0 atom stereocenters. The molecule has 2 nitrogen and oxygen atoms in total. The molecule has 0 aromatic heterocycles. The Morgan fingerprint density at radius 1 is 0.706 bits per heavy atom. The first-order valence-electron chi connectivity index (χ1n) is 8.35. The first-order chi connectivity index (χ1) is 11.9. The highest BCUT2D eigenvalue weighted by molar-refractivity contribution is 15.0. The number of alkyl halides is 5. The molecule has 34 heavy (non-hydrogen) atoms. The minimum atomic E-state index is 0. The summed E-state index contributed by atoms with van der Waals surface area (Å²) in [6, 6.07) is 0. The lowest BCUT2D eigenvalue weighted by atomic mass is 10.1. The van der Waals surface area contributed by atoms with E-state index < -0.39 is 0 Å². The van der Waals surface area contributed by atoms with E-state index in [0.717, 1.165) is 50.1 Å². The fraction of sp³-hybridized carbons (Fsp3) is 1.00. The molecule has 11 heteroatoms. The minimum absolute atomic E-state index is 0. The summed E-state index contributed by atoms with van der Waals surface area (Å²) in [4.78, 5) is 2.10. The van der Waals surface area contributed by atoms with E-state index in [9.17, 15) is 0 Å².